The molecule has 32 atom stereocenters. The van der Waals surface area contributed by atoms with Gasteiger partial charge in [0.05, 0.1) is 129 Å². The Bertz CT molecular complexity index is 2410. The molecule has 15 aliphatic heterocycles. The van der Waals surface area contributed by atoms with Crippen LogP contribution in [-0.2, 0) is 71.1 Å². The minimum Gasteiger partial charge on any atom is -0.459 e. The molecule has 16 rings (SSSR count). The normalized spacial score (nSPS) is 57.0. The highest BCUT2D eigenvalue weighted by atomic mass is 16.8. The van der Waals surface area contributed by atoms with Crippen LogP contribution in [0.25, 0.3) is 0 Å². The number of rotatable bonds is 5. The highest BCUT2D eigenvalue weighted by molar-refractivity contribution is 5.70. The average Bonchev–Trinajstić information content (AvgIpc) is 2.28. The van der Waals surface area contributed by atoms with Crippen LogP contribution in [0, 0.1) is 29.6 Å². The van der Waals surface area contributed by atoms with Crippen LogP contribution in [0.5, 0.6) is 0 Å². The van der Waals surface area contributed by atoms with E-state index in [1.807, 2.05) is 0 Å². The maximum atomic E-state index is 14.6. The minimum absolute atomic E-state index is 0.0196. The molecule has 0 aromatic rings. The molecule has 4 N–H and O–H groups in total. The van der Waals surface area contributed by atoms with E-state index >= 15 is 0 Å². The second-order valence-electron chi connectivity index (χ2n) is 28.6. The summed E-state index contributed by atoms with van der Waals surface area (Å²) >= 11 is 0. The Labute approximate surface area is 475 Å². The molecule has 15 heterocycles. The summed E-state index contributed by atoms with van der Waals surface area (Å²) < 4.78 is 97.0. The topological polar surface area (TPSA) is 227 Å². The van der Waals surface area contributed by atoms with Crippen molar-refractivity contribution < 1.29 is 91.5 Å². The molecule has 16 aliphatic rings. The molecule has 15 saturated heterocycles. The zero-order valence-electron chi connectivity index (χ0n) is 47.8. The van der Waals surface area contributed by atoms with Gasteiger partial charge in [-0.2, -0.15) is 0 Å². The van der Waals surface area contributed by atoms with E-state index in [1.165, 1.54) is 0 Å². The zero-order chi connectivity index (χ0) is 55.6. The van der Waals surface area contributed by atoms with Gasteiger partial charge in [0, 0.05) is 63.7 Å². The van der Waals surface area contributed by atoms with Gasteiger partial charge in [0.25, 0.3) is 0 Å². The van der Waals surface area contributed by atoms with Crippen molar-refractivity contribution in [2.75, 3.05) is 6.61 Å². The van der Waals surface area contributed by atoms with Crippen molar-refractivity contribution in [2.45, 2.75) is 319 Å². The Morgan fingerprint density at radius 2 is 1.26 bits per heavy atom. The highest BCUT2D eigenvalue weighted by Crippen LogP contribution is 2.61. The van der Waals surface area contributed by atoms with Gasteiger partial charge in [-0.15, -0.1) is 0 Å². The van der Waals surface area contributed by atoms with Crippen LogP contribution in [0.15, 0.2) is 24.3 Å². The molecule has 452 valence electrons. The summed E-state index contributed by atoms with van der Waals surface area (Å²) in [6.45, 7) is 17.5. The van der Waals surface area contributed by atoms with Crippen molar-refractivity contribution in [2.24, 2.45) is 29.6 Å². The van der Waals surface area contributed by atoms with E-state index < -0.39 is 77.9 Å². The van der Waals surface area contributed by atoms with Crippen molar-refractivity contribution in [1.29, 1.82) is 0 Å². The lowest BCUT2D eigenvalue weighted by Gasteiger charge is -2.51. The average molecular weight is 1140 g/mol. The number of aliphatic hydroxyl groups excluding tert-OH is 3. The molecule has 1 saturated carbocycles. The van der Waals surface area contributed by atoms with Gasteiger partial charge in [-0.1, -0.05) is 40.9 Å². The molecule has 0 amide bonds. The summed E-state index contributed by atoms with van der Waals surface area (Å²) in [5.41, 5.74) is 0.949. The molecule has 0 radical (unpaired) electrons. The fourth-order valence-corrected chi connectivity index (χ4v) is 19.0. The second kappa shape index (κ2) is 20.7. The molecule has 0 aromatic carbocycles. The van der Waals surface area contributed by atoms with Gasteiger partial charge in [0.15, 0.2) is 17.4 Å². The van der Waals surface area contributed by atoms with Crippen molar-refractivity contribution in [3.8, 4) is 0 Å². The first-order chi connectivity index (χ1) is 38.8. The maximum absolute atomic E-state index is 14.6. The van der Waals surface area contributed by atoms with Crippen LogP contribution in [0.1, 0.15) is 156 Å². The monoisotopic (exact) mass is 1140 g/mol. The molecule has 1 aliphatic carbocycles. The van der Waals surface area contributed by atoms with E-state index in [-0.39, 0.29) is 140 Å². The number of hydrogen-bond acceptors (Lipinski definition) is 19. The third-order valence-electron chi connectivity index (χ3n) is 22.9. The van der Waals surface area contributed by atoms with Crippen LogP contribution in [-0.4, -0.2) is 196 Å². The molecule has 81 heavy (non-hydrogen) atoms. The first-order valence-electron chi connectivity index (χ1n) is 31.7. The second-order valence-corrected chi connectivity index (χ2v) is 28.6. The Balaban J connectivity index is 0.652. The number of carbonyl (C=O) groups excluding carboxylic acids is 1. The fourth-order valence-electron chi connectivity index (χ4n) is 19.0. The Morgan fingerprint density at radius 3 is 2.10 bits per heavy atom. The zero-order valence-corrected chi connectivity index (χ0v) is 47.8. The third kappa shape index (κ3) is 9.65. The van der Waals surface area contributed by atoms with Crippen molar-refractivity contribution >= 4 is 5.97 Å². The Morgan fingerprint density at radius 1 is 0.543 bits per heavy atom. The molecular formula is C62H90O19. The molecule has 3 spiro atoms. The first-order valence-corrected chi connectivity index (χ1v) is 31.7. The summed E-state index contributed by atoms with van der Waals surface area (Å²) in [4.78, 5) is 14.6. The van der Waals surface area contributed by atoms with Crippen LogP contribution < -0.4 is 0 Å². The number of aliphatic hydroxyl groups is 4. The van der Waals surface area contributed by atoms with Crippen LogP contribution in [0.2, 0.25) is 0 Å². The number of carbonyl (C=O) groups is 1. The third-order valence-corrected chi connectivity index (χ3v) is 22.9. The van der Waals surface area contributed by atoms with Gasteiger partial charge in [0.2, 0.25) is 0 Å². The molecule has 12 bridgehead atoms. The predicted octanol–water partition coefficient (Wildman–Crippen LogP) is 5.30. The van der Waals surface area contributed by atoms with E-state index in [9.17, 15) is 25.2 Å². The Kier molecular flexibility index (Phi) is 14.3. The lowest BCUT2D eigenvalue weighted by Crippen LogP contribution is -2.64. The summed E-state index contributed by atoms with van der Waals surface area (Å²) in [7, 11) is 0. The van der Waals surface area contributed by atoms with E-state index in [1.54, 1.807) is 0 Å². The lowest BCUT2D eigenvalue weighted by molar-refractivity contribution is -0.347. The van der Waals surface area contributed by atoms with Crippen molar-refractivity contribution in [3.63, 3.8) is 0 Å². The van der Waals surface area contributed by atoms with Gasteiger partial charge in [-0.05, 0) is 99.0 Å². The van der Waals surface area contributed by atoms with Crippen LogP contribution in [0.4, 0.5) is 0 Å². The first kappa shape index (κ1) is 55.8. The summed E-state index contributed by atoms with van der Waals surface area (Å²) in [5, 5.41) is 42.7. The number of ether oxygens (including phenoxy) is 14. The maximum Gasteiger partial charge on any atom is 0.308 e. The summed E-state index contributed by atoms with van der Waals surface area (Å²) in [5.74, 6) is -2.85. The van der Waals surface area contributed by atoms with E-state index in [0.717, 1.165) is 49.7 Å². The largest absolute Gasteiger partial charge is 0.459 e. The van der Waals surface area contributed by atoms with E-state index in [2.05, 4.69) is 40.9 Å². The quantitative estimate of drug-likeness (QED) is 0.202. The van der Waals surface area contributed by atoms with Gasteiger partial charge in [-0.25, -0.2) is 0 Å². The smallest absolute Gasteiger partial charge is 0.308 e. The number of esters is 1. The number of hydrogen-bond donors (Lipinski definition) is 4. The molecule has 19 nitrogen and oxygen atoms in total. The van der Waals surface area contributed by atoms with E-state index in [0.29, 0.717) is 77.0 Å². The van der Waals surface area contributed by atoms with Gasteiger partial charge >= 0.3 is 5.97 Å². The van der Waals surface area contributed by atoms with Crippen molar-refractivity contribution in [3.05, 3.63) is 24.3 Å². The molecule has 0 aromatic heterocycles. The lowest BCUT2D eigenvalue weighted by atomic mass is 9.68. The molecular weight excluding hydrogens is 1050 g/mol. The fraction of sp³-hybridized carbons (Fsp3) is 0.919. The summed E-state index contributed by atoms with van der Waals surface area (Å²) in [6, 6.07) is 0. The summed E-state index contributed by atoms with van der Waals surface area (Å²) in [6.07, 6.45) is 2.96. The molecule has 2 unspecified atom stereocenters. The minimum atomic E-state index is -1.18. The number of fused-ring (bicyclic) bond motifs is 10. The van der Waals surface area contributed by atoms with Crippen LogP contribution in [0.3, 0.4) is 0 Å². The highest BCUT2D eigenvalue weighted by Gasteiger charge is 2.74. The molecule has 16 fully saturated rings. The molecule has 19 heteroatoms. The van der Waals surface area contributed by atoms with Gasteiger partial charge in [-0.3, -0.25) is 4.79 Å². The van der Waals surface area contributed by atoms with Gasteiger partial charge in [0.1, 0.15) is 30.0 Å². The Hall–Kier alpha value is -1.73. The van der Waals surface area contributed by atoms with Crippen molar-refractivity contribution in [1.82, 2.24) is 0 Å². The predicted molar refractivity (Wildman–Crippen MR) is 283 cm³/mol. The SMILES string of the molecule is C=C1C[C@@H]2CC[C@@]34C[C@H]5O[C@H]6[C@@H](O3)[C@H]3O[C@H](CC[C@@H]3C[C@@]6(O)[C@H]5O4)CC(=O)O[C@@H]3[C@@H](C)[C@@H]4O[C@@H]5C[C@]6(C[C@@H]7O[C@]8(C[C@H](C)[C@@H]9O[C@H](C(O)CCC(O)CO)C[C@@H]9O8)C[C@H](C)[C@@H]7O6)O[C@@H]5C[C@@H]4O[C@H]3C[C@H]3O[C@@H](CC[C@@H]1O2)C[C@@H](C)C3=C. The van der Waals surface area contributed by atoms with Crippen LogP contribution >= 0.6 is 0 Å². The van der Waals surface area contributed by atoms with Gasteiger partial charge < -0.3 is 86.7 Å². The van der Waals surface area contributed by atoms with E-state index in [4.69, 9.17) is 66.3 Å². The standard InChI is InChI=1S/C62H90O19/c1-28-15-36-10-12-40-29(2)16-38(68-40)13-14-59-26-49-57(81-59)62(67)23-34-7-9-37(70-55(34)56(80-59)58(62)74-49)17-50(66)75-54-33(6)53-45(71-44(54)18-41(69-36)32(28)5)20-43-47(73-53)24-61(76-43)25-48-52(79-61)31(4)22-60(78-48)21-30(3)51-46(77-60)19-42(72-51)39(65)11-8-35(64)27-63/h28,30-31,33-49,51-58,63-65,67H,2,5,7-27H2,1,3-4,6H3/t28-,30+,31+,33+,34-,35?,36+,37-,38+,39?,40+,41-,42+,43-,44+,45+,46+,47-,48+,49-,51+,52+,53+,54-,55+,56+,57+,58+,59-,60-,61+,62-/m1/s1.